The SMILES string of the molecule is CCC(O)(CC)CCCOCC(C)(C)C1CCC2C(O[Si](C)(C)C(C)(C)C)CCCC21C. The molecule has 0 aromatic heterocycles. The van der Waals surface area contributed by atoms with E-state index in [9.17, 15) is 5.11 Å². The van der Waals surface area contributed by atoms with E-state index in [0.717, 1.165) is 38.9 Å². The summed E-state index contributed by atoms with van der Waals surface area (Å²) in [6.07, 6.45) is 10.4. The summed E-state index contributed by atoms with van der Waals surface area (Å²) < 4.78 is 13.3. The zero-order valence-electron chi connectivity index (χ0n) is 23.3. The fourth-order valence-corrected chi connectivity index (χ4v) is 8.03. The molecule has 2 saturated carbocycles. The Hall–Kier alpha value is 0.0969. The van der Waals surface area contributed by atoms with Crippen molar-refractivity contribution in [2.75, 3.05) is 13.2 Å². The molecule has 4 unspecified atom stereocenters. The van der Waals surface area contributed by atoms with E-state index < -0.39 is 13.9 Å². The van der Waals surface area contributed by atoms with E-state index in [4.69, 9.17) is 9.16 Å². The molecular formula is C28H56O3Si. The second-order valence-corrected chi connectivity index (χ2v) is 18.4. The molecule has 4 heteroatoms. The Bertz CT molecular complexity index is 590. The highest BCUT2D eigenvalue weighted by Crippen LogP contribution is 2.61. The van der Waals surface area contributed by atoms with Gasteiger partial charge in [0.1, 0.15) is 0 Å². The molecule has 2 fully saturated rings. The third-order valence-corrected chi connectivity index (χ3v) is 14.5. The number of hydrogen-bond acceptors (Lipinski definition) is 3. The van der Waals surface area contributed by atoms with Gasteiger partial charge in [0, 0.05) is 12.7 Å². The van der Waals surface area contributed by atoms with Crippen molar-refractivity contribution < 1.29 is 14.3 Å². The Labute approximate surface area is 201 Å². The number of fused-ring (bicyclic) bond motifs is 1. The van der Waals surface area contributed by atoms with Crippen LogP contribution in [0.25, 0.3) is 0 Å². The maximum atomic E-state index is 10.5. The summed E-state index contributed by atoms with van der Waals surface area (Å²) in [7, 11) is -1.75. The minimum Gasteiger partial charge on any atom is -0.414 e. The lowest BCUT2D eigenvalue weighted by Gasteiger charge is -2.51. The zero-order valence-corrected chi connectivity index (χ0v) is 24.3. The van der Waals surface area contributed by atoms with Crippen LogP contribution < -0.4 is 0 Å². The minimum atomic E-state index is -1.75. The summed E-state index contributed by atoms with van der Waals surface area (Å²) >= 11 is 0. The van der Waals surface area contributed by atoms with Gasteiger partial charge < -0.3 is 14.3 Å². The Morgan fingerprint density at radius 1 is 1.00 bits per heavy atom. The summed E-state index contributed by atoms with van der Waals surface area (Å²) in [5.74, 6) is 1.38. The van der Waals surface area contributed by atoms with Crippen molar-refractivity contribution in [2.45, 2.75) is 143 Å². The lowest BCUT2D eigenvalue weighted by molar-refractivity contribution is -0.0632. The van der Waals surface area contributed by atoms with Crippen molar-refractivity contribution in [1.29, 1.82) is 0 Å². The Morgan fingerprint density at radius 2 is 1.62 bits per heavy atom. The smallest absolute Gasteiger partial charge is 0.192 e. The standard InChI is InChI=1S/C28H56O3Si/c1-11-28(29,12-2)19-14-20-30-21-26(6,7)24-17-16-22-23(15-13-18-27(22,24)8)31-32(9,10)25(3,4)5/h22-24,29H,11-21H2,1-10H3. The molecule has 2 aliphatic carbocycles. The zero-order chi connectivity index (χ0) is 24.4. The first-order valence-corrected chi connectivity index (χ1v) is 16.5. The molecule has 0 amide bonds. The number of rotatable bonds is 11. The van der Waals surface area contributed by atoms with Crippen LogP contribution in [0.4, 0.5) is 0 Å². The average molecular weight is 469 g/mol. The molecule has 0 heterocycles. The monoisotopic (exact) mass is 468 g/mol. The summed E-state index contributed by atoms with van der Waals surface area (Å²) in [5.41, 5.74) is 0.0310. The molecular weight excluding hydrogens is 412 g/mol. The summed E-state index contributed by atoms with van der Waals surface area (Å²) in [5, 5.41) is 10.8. The molecule has 0 aromatic rings. The van der Waals surface area contributed by atoms with E-state index in [1.165, 1.54) is 32.1 Å². The molecule has 2 aliphatic rings. The van der Waals surface area contributed by atoms with E-state index in [-0.39, 0.29) is 10.5 Å². The van der Waals surface area contributed by atoms with Crippen LogP contribution in [0.3, 0.4) is 0 Å². The highest BCUT2D eigenvalue weighted by atomic mass is 28.4. The van der Waals surface area contributed by atoms with Gasteiger partial charge in [-0.25, -0.2) is 0 Å². The van der Waals surface area contributed by atoms with Gasteiger partial charge in [-0.15, -0.1) is 0 Å². The van der Waals surface area contributed by atoms with E-state index in [0.29, 0.717) is 23.4 Å². The molecule has 0 radical (unpaired) electrons. The predicted molar refractivity (Wildman–Crippen MR) is 140 cm³/mol. The molecule has 3 nitrogen and oxygen atoms in total. The van der Waals surface area contributed by atoms with Crippen molar-refractivity contribution in [3.05, 3.63) is 0 Å². The van der Waals surface area contributed by atoms with Crippen LogP contribution in [0.5, 0.6) is 0 Å². The van der Waals surface area contributed by atoms with Crippen molar-refractivity contribution in [1.82, 2.24) is 0 Å². The maximum absolute atomic E-state index is 10.5. The van der Waals surface area contributed by atoms with Gasteiger partial charge in [-0.05, 0) is 92.2 Å². The fourth-order valence-electron chi connectivity index (χ4n) is 6.64. The first-order chi connectivity index (χ1) is 14.6. The number of aliphatic hydroxyl groups is 1. The maximum Gasteiger partial charge on any atom is 0.192 e. The third-order valence-electron chi connectivity index (χ3n) is 9.98. The van der Waals surface area contributed by atoms with Crippen LogP contribution in [0.15, 0.2) is 0 Å². The molecule has 1 N–H and O–H groups in total. The van der Waals surface area contributed by atoms with Gasteiger partial charge in [0.25, 0.3) is 0 Å². The lowest BCUT2D eigenvalue weighted by Crippen LogP contribution is -2.51. The molecule has 4 atom stereocenters. The van der Waals surface area contributed by atoms with Crippen LogP contribution in [-0.2, 0) is 9.16 Å². The molecule has 0 aliphatic heterocycles. The lowest BCUT2D eigenvalue weighted by atomic mass is 9.58. The number of ether oxygens (including phenoxy) is 1. The minimum absolute atomic E-state index is 0.175. The van der Waals surface area contributed by atoms with Crippen molar-refractivity contribution >= 4 is 8.32 Å². The highest BCUT2D eigenvalue weighted by molar-refractivity contribution is 6.74. The molecule has 0 spiro atoms. The molecule has 0 aromatic carbocycles. The van der Waals surface area contributed by atoms with E-state index >= 15 is 0 Å². The van der Waals surface area contributed by atoms with E-state index in [1.807, 2.05) is 0 Å². The third kappa shape index (κ3) is 6.20. The van der Waals surface area contributed by atoms with E-state index in [2.05, 4.69) is 68.5 Å². The van der Waals surface area contributed by atoms with Crippen LogP contribution in [0.1, 0.15) is 113 Å². The van der Waals surface area contributed by atoms with Gasteiger partial charge in [0.05, 0.1) is 12.2 Å². The van der Waals surface area contributed by atoms with Crippen LogP contribution in [0.2, 0.25) is 18.1 Å². The van der Waals surface area contributed by atoms with Gasteiger partial charge in [-0.1, -0.05) is 61.8 Å². The largest absolute Gasteiger partial charge is 0.414 e. The first-order valence-electron chi connectivity index (χ1n) is 13.6. The van der Waals surface area contributed by atoms with Crippen LogP contribution >= 0.6 is 0 Å². The van der Waals surface area contributed by atoms with Gasteiger partial charge in [-0.2, -0.15) is 0 Å². The molecule has 0 bridgehead atoms. The Kier molecular flexibility index (Phi) is 9.19. The van der Waals surface area contributed by atoms with E-state index in [1.54, 1.807) is 0 Å². The summed E-state index contributed by atoms with van der Waals surface area (Å²) in [6.45, 7) is 25.1. The van der Waals surface area contributed by atoms with Gasteiger partial charge in [0.2, 0.25) is 0 Å². The Morgan fingerprint density at radius 3 is 2.19 bits per heavy atom. The molecule has 0 saturated heterocycles. The van der Waals surface area contributed by atoms with Crippen LogP contribution in [0, 0.1) is 22.7 Å². The second-order valence-electron chi connectivity index (χ2n) is 13.6. The number of hydrogen-bond donors (Lipinski definition) is 1. The average Bonchev–Trinajstić information content (AvgIpc) is 3.05. The molecule has 190 valence electrons. The summed E-state index contributed by atoms with van der Waals surface area (Å²) in [4.78, 5) is 0. The topological polar surface area (TPSA) is 38.7 Å². The Balaban J connectivity index is 1.98. The van der Waals surface area contributed by atoms with Gasteiger partial charge >= 0.3 is 0 Å². The van der Waals surface area contributed by atoms with Gasteiger partial charge in [-0.3, -0.25) is 0 Å². The van der Waals surface area contributed by atoms with Gasteiger partial charge in [0.15, 0.2) is 8.32 Å². The second kappa shape index (κ2) is 10.4. The molecule has 2 rings (SSSR count). The first kappa shape index (κ1) is 28.3. The van der Waals surface area contributed by atoms with Crippen molar-refractivity contribution in [2.24, 2.45) is 22.7 Å². The summed E-state index contributed by atoms with van der Waals surface area (Å²) in [6, 6.07) is 0. The quantitative estimate of drug-likeness (QED) is 0.247. The van der Waals surface area contributed by atoms with Crippen LogP contribution in [-0.4, -0.2) is 38.3 Å². The fraction of sp³-hybridized carbons (Fsp3) is 1.00. The highest BCUT2D eigenvalue weighted by Gasteiger charge is 2.56. The predicted octanol–water partition coefficient (Wildman–Crippen LogP) is 7.97. The van der Waals surface area contributed by atoms with Crippen molar-refractivity contribution in [3.8, 4) is 0 Å². The molecule has 32 heavy (non-hydrogen) atoms. The van der Waals surface area contributed by atoms with Crippen molar-refractivity contribution in [3.63, 3.8) is 0 Å². The normalized spacial score (nSPS) is 29.9.